The van der Waals surface area contributed by atoms with Gasteiger partial charge in [-0.25, -0.2) is 0 Å². The van der Waals surface area contributed by atoms with E-state index in [-0.39, 0.29) is 44.2 Å². The smallest absolute Gasteiger partial charge is 0.174 e. The monoisotopic (exact) mass is 228 g/mol. The van der Waals surface area contributed by atoms with Crippen molar-refractivity contribution < 1.29 is 48.0 Å². The molecule has 1 aromatic rings. The Morgan fingerprint density at radius 3 is 1.73 bits per heavy atom. The van der Waals surface area contributed by atoms with Crippen LogP contribution in [0.5, 0.6) is 17.2 Å². The summed E-state index contributed by atoms with van der Waals surface area (Å²) in [4.78, 5) is 0. The predicted octanol–water partition coefficient (Wildman–Crippen LogP) is 0.983. The first-order valence-electron chi connectivity index (χ1n) is 2.68. The van der Waals surface area contributed by atoms with Crippen LogP contribution in [0.15, 0.2) is 12.1 Å². The minimum Gasteiger partial charge on any atom is -0.517 e. The largest absolute Gasteiger partial charge is 0.517 e. The van der Waals surface area contributed by atoms with Gasteiger partial charge in [0.2, 0.25) is 0 Å². The van der Waals surface area contributed by atoms with Crippen molar-refractivity contribution in [3.63, 3.8) is 0 Å². The van der Waals surface area contributed by atoms with E-state index in [0.29, 0.717) is 5.56 Å². The molecule has 0 amide bonds. The topological polar surface area (TPSA) is 60.7 Å². The van der Waals surface area contributed by atoms with Crippen molar-refractivity contribution in [3.05, 3.63) is 24.6 Å². The van der Waals surface area contributed by atoms with Crippen LogP contribution < -0.4 is 0 Å². The maximum absolute atomic E-state index is 8.83. The summed E-state index contributed by atoms with van der Waals surface area (Å²) in [5, 5.41) is 26.5. The Bertz CT molecular complexity index is 237. The van der Waals surface area contributed by atoms with Crippen LogP contribution in [0.25, 0.3) is 0 Å². The maximum atomic E-state index is 8.83. The first-order chi connectivity index (χ1) is 4.61. The van der Waals surface area contributed by atoms with Gasteiger partial charge in [-0.1, -0.05) is 0 Å². The second-order valence-corrected chi connectivity index (χ2v) is 1.98. The average Bonchev–Trinajstić information content (AvgIpc) is 1.82. The summed E-state index contributed by atoms with van der Waals surface area (Å²) in [6.07, 6.45) is 0. The molecule has 0 spiro atoms. The van der Waals surface area contributed by atoms with Crippen LogP contribution in [0.3, 0.4) is 0 Å². The van der Waals surface area contributed by atoms with E-state index in [9.17, 15) is 0 Å². The molecule has 1 aromatic carbocycles. The van der Waals surface area contributed by atoms with Gasteiger partial charge in [0.05, 0.1) is 0 Å². The molecule has 1 rings (SSSR count). The van der Waals surface area contributed by atoms with Gasteiger partial charge >= 0.3 is 0 Å². The molecule has 0 aliphatic carbocycles. The number of hydrogen-bond acceptors (Lipinski definition) is 3. The van der Waals surface area contributed by atoms with Gasteiger partial charge in [0.1, 0.15) is 11.5 Å². The second-order valence-electron chi connectivity index (χ2n) is 1.98. The van der Waals surface area contributed by atoms with Gasteiger partial charge < -0.3 is 15.3 Å². The zero-order chi connectivity index (χ0) is 7.72. The number of aromatic hydroxyl groups is 3. The number of phenols is 3. The van der Waals surface area contributed by atoms with Gasteiger partial charge in [-0.3, -0.25) is 0 Å². The van der Waals surface area contributed by atoms with Gasteiger partial charge in [0, 0.05) is 32.7 Å². The van der Waals surface area contributed by atoms with E-state index in [1.165, 1.54) is 12.1 Å². The fraction of sp³-hybridized carbons (Fsp3) is 0. The summed E-state index contributed by atoms with van der Waals surface area (Å²) >= 11 is 0. The van der Waals surface area contributed by atoms with E-state index >= 15 is 0 Å². The van der Waals surface area contributed by atoms with E-state index in [2.05, 4.69) is 6.92 Å². The van der Waals surface area contributed by atoms with E-state index in [1.807, 2.05) is 0 Å². The SMILES string of the molecule is [CH2-]c1cc(O)c(O)c(O)c1.[Y]. The van der Waals surface area contributed by atoms with Crippen molar-refractivity contribution >= 4 is 0 Å². The Kier molecular flexibility index (Phi) is 3.69. The normalized spacial score (nSPS) is 8.73. The molecule has 3 N–H and O–H groups in total. The minimum atomic E-state index is -0.507. The molecule has 3 nitrogen and oxygen atoms in total. The average molecular weight is 228 g/mol. The van der Waals surface area contributed by atoms with Gasteiger partial charge in [-0.05, 0) is 0 Å². The molecule has 57 valence electrons. The van der Waals surface area contributed by atoms with E-state index in [0.717, 1.165) is 0 Å². The second kappa shape index (κ2) is 3.83. The molecule has 0 unspecified atom stereocenters. The standard InChI is InChI=1S/C7H7O3.Y/c1-4-2-5(8)7(10)6(9)3-4;/h2-3,8-10H,1H2;/q-1;. The molecule has 0 aromatic heterocycles. The summed E-state index contributed by atoms with van der Waals surface area (Å²) in [6, 6.07) is 2.52. The van der Waals surface area contributed by atoms with Crippen LogP contribution in [-0.2, 0) is 32.7 Å². The summed E-state index contributed by atoms with van der Waals surface area (Å²) in [5.41, 5.74) is 0.452. The summed E-state index contributed by atoms with van der Waals surface area (Å²) in [5.74, 6) is -1.22. The molecule has 0 heterocycles. The Morgan fingerprint density at radius 2 is 1.36 bits per heavy atom. The van der Waals surface area contributed by atoms with E-state index in [4.69, 9.17) is 15.3 Å². The third-order valence-corrected chi connectivity index (χ3v) is 1.13. The van der Waals surface area contributed by atoms with Crippen molar-refractivity contribution in [3.8, 4) is 17.2 Å². The zero-order valence-corrected chi connectivity index (χ0v) is 8.62. The van der Waals surface area contributed by atoms with Crippen LogP contribution in [0.4, 0.5) is 0 Å². The molecule has 0 bridgehead atoms. The number of rotatable bonds is 0. The summed E-state index contributed by atoms with van der Waals surface area (Å²) < 4.78 is 0. The van der Waals surface area contributed by atoms with E-state index in [1.54, 1.807) is 0 Å². The zero-order valence-electron chi connectivity index (χ0n) is 5.78. The Balaban J connectivity index is 0.000001000. The molecule has 0 aliphatic rings. The predicted molar refractivity (Wildman–Crippen MR) is 35.9 cm³/mol. The molecular formula is C7H7O3Y-. The Morgan fingerprint density at radius 1 is 1.00 bits per heavy atom. The molecule has 0 saturated heterocycles. The Hall–Kier alpha value is -0.406. The van der Waals surface area contributed by atoms with Crippen molar-refractivity contribution in [1.29, 1.82) is 0 Å². The number of phenolic OH excluding ortho intramolecular Hbond substituents is 3. The fourth-order valence-electron chi connectivity index (χ4n) is 0.661. The van der Waals surface area contributed by atoms with Gasteiger partial charge in [-0.2, -0.15) is 12.5 Å². The Labute approximate surface area is 89.6 Å². The quantitative estimate of drug-likeness (QED) is 0.458. The van der Waals surface area contributed by atoms with Crippen molar-refractivity contribution in [2.75, 3.05) is 0 Å². The molecule has 0 saturated carbocycles. The molecule has 4 heteroatoms. The molecule has 1 radical (unpaired) electrons. The third-order valence-electron chi connectivity index (χ3n) is 1.13. The van der Waals surface area contributed by atoms with Crippen molar-refractivity contribution in [2.45, 2.75) is 0 Å². The van der Waals surface area contributed by atoms with Crippen LogP contribution in [0.1, 0.15) is 5.56 Å². The van der Waals surface area contributed by atoms with Gasteiger partial charge in [0.15, 0.2) is 5.75 Å². The van der Waals surface area contributed by atoms with Crippen molar-refractivity contribution in [2.24, 2.45) is 0 Å². The molecular weight excluding hydrogens is 221 g/mol. The third kappa shape index (κ3) is 2.28. The molecule has 0 aliphatic heterocycles. The maximum Gasteiger partial charge on any atom is 0.174 e. The number of benzene rings is 1. The van der Waals surface area contributed by atoms with Crippen LogP contribution in [0.2, 0.25) is 0 Å². The first-order valence-corrected chi connectivity index (χ1v) is 2.68. The number of hydrogen-bond donors (Lipinski definition) is 3. The first kappa shape index (κ1) is 10.6. The van der Waals surface area contributed by atoms with E-state index < -0.39 is 5.75 Å². The molecule has 0 fully saturated rings. The van der Waals surface area contributed by atoms with Gasteiger partial charge in [-0.15, -0.1) is 12.1 Å². The molecule has 0 atom stereocenters. The summed E-state index contributed by atoms with van der Waals surface area (Å²) in [6.45, 7) is 3.45. The van der Waals surface area contributed by atoms with Crippen LogP contribution in [-0.4, -0.2) is 15.3 Å². The van der Waals surface area contributed by atoms with Crippen molar-refractivity contribution in [1.82, 2.24) is 0 Å². The van der Waals surface area contributed by atoms with Crippen LogP contribution in [0, 0.1) is 6.92 Å². The minimum absolute atomic E-state index is 0. The van der Waals surface area contributed by atoms with Gasteiger partial charge in [0.25, 0.3) is 0 Å². The molecule has 11 heavy (non-hydrogen) atoms. The van der Waals surface area contributed by atoms with Crippen LogP contribution >= 0.6 is 0 Å². The summed E-state index contributed by atoms with van der Waals surface area (Å²) in [7, 11) is 0. The fourth-order valence-corrected chi connectivity index (χ4v) is 0.661.